The molecular formula is C12H21F3N2OS. The number of hydrogen-bond acceptors (Lipinski definition) is 2. The number of rotatable bonds is 3. The summed E-state index contributed by atoms with van der Waals surface area (Å²) in [7, 11) is -1.29. The Hall–Kier alpha value is -0.430. The maximum Gasteiger partial charge on any atom is 0.401 e. The lowest BCUT2D eigenvalue weighted by atomic mass is 9.98. The van der Waals surface area contributed by atoms with Gasteiger partial charge in [-0.25, -0.2) is 4.21 Å². The van der Waals surface area contributed by atoms with Gasteiger partial charge in [-0.3, -0.25) is 4.90 Å². The summed E-state index contributed by atoms with van der Waals surface area (Å²) in [5, 5.41) is 0. The number of likely N-dealkylation sites (tertiary alicyclic amines) is 1. The van der Waals surface area contributed by atoms with Gasteiger partial charge >= 0.3 is 6.18 Å². The summed E-state index contributed by atoms with van der Waals surface area (Å²) in [4.78, 5) is 1.41. The van der Waals surface area contributed by atoms with Gasteiger partial charge in [0.25, 0.3) is 0 Å². The van der Waals surface area contributed by atoms with Gasteiger partial charge in [0, 0.05) is 6.21 Å². The molecule has 3 nitrogen and oxygen atoms in total. The van der Waals surface area contributed by atoms with E-state index in [1.54, 1.807) is 6.21 Å². The Kier molecular flexibility index (Phi) is 5.55. The van der Waals surface area contributed by atoms with Crippen molar-refractivity contribution in [3.8, 4) is 0 Å². The zero-order chi connectivity index (χ0) is 14.7. The Labute approximate surface area is 114 Å². The van der Waals surface area contributed by atoms with Crippen molar-refractivity contribution in [3.05, 3.63) is 0 Å². The molecule has 112 valence electrons. The molecule has 0 aromatic rings. The van der Waals surface area contributed by atoms with E-state index in [0.29, 0.717) is 25.9 Å². The number of halogens is 3. The fourth-order valence-electron chi connectivity index (χ4n) is 1.81. The fraction of sp³-hybridized carbons (Fsp3) is 0.917. The van der Waals surface area contributed by atoms with Gasteiger partial charge in [-0.05, 0) is 52.6 Å². The maximum absolute atomic E-state index is 12.2. The predicted molar refractivity (Wildman–Crippen MR) is 71.6 cm³/mol. The molecule has 1 aliphatic rings. The predicted octanol–water partition coefficient (Wildman–Crippen LogP) is 2.79. The third kappa shape index (κ3) is 6.51. The van der Waals surface area contributed by atoms with Crippen LogP contribution >= 0.6 is 0 Å². The molecule has 0 N–H and O–H groups in total. The maximum atomic E-state index is 12.2. The largest absolute Gasteiger partial charge is 0.401 e. The van der Waals surface area contributed by atoms with Crippen molar-refractivity contribution in [1.29, 1.82) is 0 Å². The molecule has 0 amide bonds. The van der Waals surface area contributed by atoms with Gasteiger partial charge in [-0.2, -0.15) is 17.6 Å². The minimum Gasteiger partial charge on any atom is -0.295 e. The van der Waals surface area contributed by atoms with E-state index in [1.165, 1.54) is 4.90 Å². The summed E-state index contributed by atoms with van der Waals surface area (Å²) in [6.45, 7) is 5.51. The van der Waals surface area contributed by atoms with E-state index < -0.39 is 28.5 Å². The van der Waals surface area contributed by atoms with Crippen LogP contribution in [0.5, 0.6) is 0 Å². The molecule has 1 heterocycles. The molecule has 1 rings (SSSR count). The highest BCUT2D eigenvalue weighted by Crippen LogP contribution is 2.22. The molecule has 0 aromatic carbocycles. The number of piperidine rings is 1. The standard InChI is InChI=1S/C12H21F3N2OS/c1-11(2,3)19(18)16-8-10-4-6-17(7-5-10)9-12(13,14)15/h8,10H,4-7,9H2,1-3H3/b16-8+/t19-/m0/s1. The minimum atomic E-state index is -4.13. The second kappa shape index (κ2) is 6.35. The summed E-state index contributed by atoms with van der Waals surface area (Å²) in [6.07, 6.45) is -1.19. The Morgan fingerprint density at radius 3 is 2.21 bits per heavy atom. The summed E-state index contributed by atoms with van der Waals surface area (Å²) in [6, 6.07) is 0. The molecule has 0 aromatic heterocycles. The average Bonchev–Trinajstić information content (AvgIpc) is 2.24. The fourth-order valence-corrected chi connectivity index (χ4v) is 2.41. The molecule has 1 aliphatic heterocycles. The Morgan fingerprint density at radius 2 is 1.79 bits per heavy atom. The van der Waals surface area contributed by atoms with Crippen LogP contribution in [0.1, 0.15) is 33.6 Å². The van der Waals surface area contributed by atoms with Crippen LogP contribution in [0.2, 0.25) is 0 Å². The molecule has 1 atom stereocenters. The molecule has 1 saturated heterocycles. The molecule has 19 heavy (non-hydrogen) atoms. The van der Waals surface area contributed by atoms with Gasteiger partial charge in [-0.15, -0.1) is 0 Å². The van der Waals surface area contributed by atoms with E-state index in [2.05, 4.69) is 4.40 Å². The molecular weight excluding hydrogens is 277 g/mol. The van der Waals surface area contributed by atoms with Crippen molar-refractivity contribution < 1.29 is 17.4 Å². The lowest BCUT2D eigenvalue weighted by Crippen LogP contribution is -2.40. The van der Waals surface area contributed by atoms with Gasteiger partial charge in [0.15, 0.2) is 0 Å². The van der Waals surface area contributed by atoms with Crippen molar-refractivity contribution in [2.45, 2.75) is 44.5 Å². The minimum absolute atomic E-state index is 0.135. The van der Waals surface area contributed by atoms with Crippen molar-refractivity contribution in [1.82, 2.24) is 4.90 Å². The van der Waals surface area contributed by atoms with Gasteiger partial charge in [0.05, 0.1) is 11.3 Å². The van der Waals surface area contributed by atoms with Crippen molar-refractivity contribution in [2.75, 3.05) is 19.6 Å². The van der Waals surface area contributed by atoms with E-state index in [4.69, 9.17) is 0 Å². The SMILES string of the molecule is CC(C)(C)[S@](=O)/N=C/C1CCN(CC(F)(F)F)CC1. The number of nitrogens with zero attached hydrogens (tertiary/aromatic N) is 2. The van der Waals surface area contributed by atoms with E-state index in [1.807, 2.05) is 20.8 Å². The zero-order valence-electron chi connectivity index (χ0n) is 11.5. The molecule has 0 aliphatic carbocycles. The summed E-state index contributed by atoms with van der Waals surface area (Å²) in [5.41, 5.74) is 0. The van der Waals surface area contributed by atoms with Gasteiger partial charge < -0.3 is 0 Å². The van der Waals surface area contributed by atoms with Crippen LogP contribution in [0, 0.1) is 5.92 Å². The lowest BCUT2D eigenvalue weighted by molar-refractivity contribution is -0.148. The first-order valence-electron chi connectivity index (χ1n) is 6.33. The first-order chi connectivity index (χ1) is 8.58. The third-order valence-corrected chi connectivity index (χ3v) is 4.29. The zero-order valence-corrected chi connectivity index (χ0v) is 12.4. The highest BCUT2D eigenvalue weighted by atomic mass is 32.2. The quantitative estimate of drug-likeness (QED) is 0.751. The van der Waals surface area contributed by atoms with Crippen LogP contribution in [0.15, 0.2) is 4.40 Å². The molecule has 1 fully saturated rings. The second-order valence-corrected chi connectivity index (χ2v) is 7.78. The average molecular weight is 298 g/mol. The lowest BCUT2D eigenvalue weighted by Gasteiger charge is -2.30. The Morgan fingerprint density at radius 1 is 1.26 bits per heavy atom. The second-order valence-electron chi connectivity index (χ2n) is 5.84. The van der Waals surface area contributed by atoms with Crippen LogP contribution in [0.3, 0.4) is 0 Å². The van der Waals surface area contributed by atoms with Crippen molar-refractivity contribution >= 4 is 17.2 Å². The molecule has 0 bridgehead atoms. The molecule has 0 spiro atoms. The van der Waals surface area contributed by atoms with Crippen molar-refractivity contribution in [3.63, 3.8) is 0 Å². The molecule has 0 radical (unpaired) electrons. The van der Waals surface area contributed by atoms with E-state index in [-0.39, 0.29) is 5.92 Å². The van der Waals surface area contributed by atoms with Gasteiger partial charge in [0.1, 0.15) is 11.0 Å². The van der Waals surface area contributed by atoms with Gasteiger partial charge in [-0.1, -0.05) is 0 Å². The molecule has 7 heteroatoms. The van der Waals surface area contributed by atoms with E-state index >= 15 is 0 Å². The van der Waals surface area contributed by atoms with Crippen molar-refractivity contribution in [2.24, 2.45) is 10.3 Å². The smallest absolute Gasteiger partial charge is 0.295 e. The first-order valence-corrected chi connectivity index (χ1v) is 7.44. The van der Waals surface area contributed by atoms with E-state index in [9.17, 15) is 17.4 Å². The van der Waals surface area contributed by atoms with Gasteiger partial charge in [0.2, 0.25) is 0 Å². The van der Waals surface area contributed by atoms with E-state index in [0.717, 1.165) is 0 Å². The Balaban J connectivity index is 2.39. The monoisotopic (exact) mass is 298 g/mol. The highest BCUT2D eigenvalue weighted by molar-refractivity contribution is 7.85. The summed E-state index contributed by atoms with van der Waals surface area (Å²) >= 11 is 0. The number of hydrogen-bond donors (Lipinski definition) is 0. The van der Waals surface area contributed by atoms with Crippen LogP contribution in [0.4, 0.5) is 13.2 Å². The molecule has 0 unspecified atom stereocenters. The summed E-state index contributed by atoms with van der Waals surface area (Å²) in [5.74, 6) is 0.135. The summed E-state index contributed by atoms with van der Waals surface area (Å²) < 4.78 is 52.0. The van der Waals surface area contributed by atoms with Crippen LogP contribution < -0.4 is 0 Å². The van der Waals surface area contributed by atoms with Crippen LogP contribution in [0.25, 0.3) is 0 Å². The highest BCUT2D eigenvalue weighted by Gasteiger charge is 2.32. The van der Waals surface area contributed by atoms with Crippen LogP contribution in [-0.2, 0) is 11.0 Å². The number of alkyl halides is 3. The van der Waals surface area contributed by atoms with Crippen LogP contribution in [-0.4, -0.2) is 45.9 Å². The topological polar surface area (TPSA) is 32.7 Å². The normalized spacial score (nSPS) is 22.0. The third-order valence-electron chi connectivity index (χ3n) is 2.93. The molecule has 0 saturated carbocycles. The first kappa shape index (κ1) is 16.6. The Bertz CT molecular complexity index is 342.